The van der Waals surface area contributed by atoms with Crippen molar-refractivity contribution in [2.75, 3.05) is 6.54 Å². The molecule has 27 heavy (non-hydrogen) atoms. The van der Waals surface area contributed by atoms with E-state index >= 15 is 0 Å². The number of hydrogen-bond acceptors (Lipinski definition) is 3. The molecule has 1 aromatic heterocycles. The summed E-state index contributed by atoms with van der Waals surface area (Å²) >= 11 is 0. The lowest BCUT2D eigenvalue weighted by molar-refractivity contribution is -0.120. The zero-order valence-electron chi connectivity index (χ0n) is 15.6. The maximum atomic E-state index is 12.5. The average Bonchev–Trinajstić information content (AvgIpc) is 3.07. The lowest BCUT2D eigenvalue weighted by atomic mass is 9.83. The lowest BCUT2D eigenvalue weighted by Gasteiger charge is -2.25. The van der Waals surface area contributed by atoms with Gasteiger partial charge < -0.3 is 9.73 Å². The molecule has 4 nitrogen and oxygen atoms in total. The predicted octanol–water partition coefficient (Wildman–Crippen LogP) is 4.43. The first kappa shape index (κ1) is 17.5. The van der Waals surface area contributed by atoms with Crippen molar-refractivity contribution >= 4 is 5.91 Å². The van der Waals surface area contributed by atoms with Gasteiger partial charge in [0.1, 0.15) is 5.76 Å². The Kier molecular flexibility index (Phi) is 5.05. The summed E-state index contributed by atoms with van der Waals surface area (Å²) in [5.74, 6) is 1.66. The number of nitrogens with zero attached hydrogens (tertiary/aromatic N) is 1. The number of fused-ring (bicyclic) bond motifs is 1. The molecule has 0 saturated heterocycles. The minimum Gasteiger partial charge on any atom is -0.441 e. The van der Waals surface area contributed by atoms with Gasteiger partial charge in [0.2, 0.25) is 11.8 Å². The maximum Gasteiger partial charge on any atom is 0.226 e. The number of nitrogens with one attached hydrogen (secondary N) is 1. The highest BCUT2D eigenvalue weighted by atomic mass is 16.4. The van der Waals surface area contributed by atoms with E-state index < -0.39 is 0 Å². The zero-order chi connectivity index (χ0) is 18.6. The molecule has 1 unspecified atom stereocenters. The number of oxazole rings is 1. The highest BCUT2D eigenvalue weighted by Crippen LogP contribution is 2.30. The second-order valence-electron chi connectivity index (χ2n) is 7.16. The van der Waals surface area contributed by atoms with Crippen LogP contribution in [0, 0.1) is 6.92 Å². The molecular weight excluding hydrogens is 336 g/mol. The third kappa shape index (κ3) is 3.95. The molecule has 4 heteroatoms. The van der Waals surface area contributed by atoms with Gasteiger partial charge in [-0.25, -0.2) is 4.98 Å². The van der Waals surface area contributed by atoms with Gasteiger partial charge in [-0.15, -0.1) is 0 Å². The van der Waals surface area contributed by atoms with Crippen LogP contribution in [0.2, 0.25) is 0 Å². The molecule has 1 amide bonds. The Morgan fingerprint density at radius 1 is 1.15 bits per heavy atom. The van der Waals surface area contributed by atoms with E-state index in [2.05, 4.69) is 34.6 Å². The summed E-state index contributed by atoms with van der Waals surface area (Å²) in [6.45, 7) is 2.54. The molecular formula is C23H24N2O2. The van der Waals surface area contributed by atoms with E-state index in [1.54, 1.807) is 0 Å². The maximum absolute atomic E-state index is 12.5. The van der Waals surface area contributed by atoms with Crippen LogP contribution in [0.3, 0.4) is 0 Å². The molecule has 3 aromatic rings. The Labute approximate surface area is 159 Å². The van der Waals surface area contributed by atoms with Crippen molar-refractivity contribution in [2.24, 2.45) is 0 Å². The van der Waals surface area contributed by atoms with E-state index in [-0.39, 0.29) is 12.3 Å². The standard InChI is InChI=1S/C23H24N2O2/c1-16-21(25-23(27-16)18-9-3-2-4-10-18)14-22(26)24-15-19-12-7-11-17-8-5-6-13-20(17)19/h2-6,8-10,13,19H,7,11-12,14-15H2,1H3,(H,24,26). The Morgan fingerprint density at radius 3 is 2.78 bits per heavy atom. The van der Waals surface area contributed by atoms with E-state index in [0.717, 1.165) is 18.4 Å². The smallest absolute Gasteiger partial charge is 0.226 e. The highest BCUT2D eigenvalue weighted by Gasteiger charge is 2.21. The van der Waals surface area contributed by atoms with Crippen LogP contribution < -0.4 is 5.32 Å². The Balaban J connectivity index is 1.39. The van der Waals surface area contributed by atoms with Gasteiger partial charge in [0.15, 0.2) is 0 Å². The molecule has 1 atom stereocenters. The molecule has 1 heterocycles. The number of amides is 1. The van der Waals surface area contributed by atoms with Gasteiger partial charge in [0.05, 0.1) is 12.1 Å². The van der Waals surface area contributed by atoms with Gasteiger partial charge >= 0.3 is 0 Å². The fourth-order valence-corrected chi connectivity index (χ4v) is 3.81. The summed E-state index contributed by atoms with van der Waals surface area (Å²) in [5, 5.41) is 3.10. The summed E-state index contributed by atoms with van der Waals surface area (Å²) in [6, 6.07) is 18.3. The van der Waals surface area contributed by atoms with Crippen molar-refractivity contribution in [3.05, 3.63) is 77.2 Å². The number of rotatable bonds is 5. The van der Waals surface area contributed by atoms with Gasteiger partial charge in [0.25, 0.3) is 0 Å². The zero-order valence-corrected chi connectivity index (χ0v) is 15.6. The van der Waals surface area contributed by atoms with Crippen LogP contribution in [0.5, 0.6) is 0 Å². The molecule has 138 valence electrons. The third-order valence-corrected chi connectivity index (χ3v) is 5.28. The van der Waals surface area contributed by atoms with Crippen molar-refractivity contribution in [2.45, 2.75) is 38.5 Å². The third-order valence-electron chi connectivity index (χ3n) is 5.28. The Bertz CT molecular complexity index is 931. The second kappa shape index (κ2) is 7.78. The molecule has 1 aliphatic rings. The molecule has 1 N–H and O–H groups in total. The van der Waals surface area contributed by atoms with Crippen LogP contribution in [0.15, 0.2) is 59.0 Å². The summed E-state index contributed by atoms with van der Waals surface area (Å²) in [4.78, 5) is 17.0. The Morgan fingerprint density at radius 2 is 1.93 bits per heavy atom. The summed E-state index contributed by atoms with van der Waals surface area (Å²) in [6.07, 6.45) is 3.69. The van der Waals surface area contributed by atoms with Crippen molar-refractivity contribution in [3.63, 3.8) is 0 Å². The van der Waals surface area contributed by atoms with E-state index in [1.807, 2.05) is 37.3 Å². The molecule has 0 fully saturated rings. The summed E-state index contributed by atoms with van der Waals surface area (Å²) in [7, 11) is 0. The van der Waals surface area contributed by atoms with Gasteiger partial charge in [-0.05, 0) is 49.4 Å². The van der Waals surface area contributed by atoms with Gasteiger partial charge in [0, 0.05) is 18.0 Å². The first-order valence-electron chi connectivity index (χ1n) is 9.57. The highest BCUT2D eigenvalue weighted by molar-refractivity contribution is 5.78. The molecule has 0 radical (unpaired) electrons. The summed E-state index contributed by atoms with van der Waals surface area (Å²) in [5.41, 5.74) is 4.43. The molecule has 1 aliphatic carbocycles. The van der Waals surface area contributed by atoms with Crippen LogP contribution in [0.4, 0.5) is 0 Å². The van der Waals surface area contributed by atoms with Crippen LogP contribution in [-0.2, 0) is 17.6 Å². The van der Waals surface area contributed by atoms with E-state index in [4.69, 9.17) is 4.42 Å². The fourth-order valence-electron chi connectivity index (χ4n) is 3.81. The normalized spacial score (nSPS) is 16.0. The largest absolute Gasteiger partial charge is 0.441 e. The van der Waals surface area contributed by atoms with Crippen molar-refractivity contribution in [3.8, 4) is 11.5 Å². The van der Waals surface area contributed by atoms with Gasteiger partial charge in [-0.3, -0.25) is 4.79 Å². The molecule has 0 aliphatic heterocycles. The van der Waals surface area contributed by atoms with Crippen molar-refractivity contribution < 1.29 is 9.21 Å². The minimum absolute atomic E-state index is 0.00549. The minimum atomic E-state index is -0.00549. The quantitative estimate of drug-likeness (QED) is 0.732. The van der Waals surface area contributed by atoms with E-state index in [1.165, 1.54) is 17.5 Å². The van der Waals surface area contributed by atoms with Gasteiger partial charge in [-0.2, -0.15) is 0 Å². The fraction of sp³-hybridized carbons (Fsp3) is 0.304. The first-order chi connectivity index (χ1) is 13.2. The topological polar surface area (TPSA) is 55.1 Å². The van der Waals surface area contributed by atoms with Crippen molar-refractivity contribution in [1.82, 2.24) is 10.3 Å². The van der Waals surface area contributed by atoms with Crippen LogP contribution in [-0.4, -0.2) is 17.4 Å². The predicted molar refractivity (Wildman–Crippen MR) is 106 cm³/mol. The van der Waals surface area contributed by atoms with Crippen LogP contribution in [0.25, 0.3) is 11.5 Å². The van der Waals surface area contributed by atoms with Crippen LogP contribution >= 0.6 is 0 Å². The molecule has 2 aromatic carbocycles. The van der Waals surface area contributed by atoms with Gasteiger partial charge in [-0.1, -0.05) is 42.5 Å². The second-order valence-corrected chi connectivity index (χ2v) is 7.16. The average molecular weight is 360 g/mol. The SMILES string of the molecule is Cc1oc(-c2ccccc2)nc1CC(=O)NCC1CCCc2ccccc21. The number of aryl methyl sites for hydroxylation is 2. The molecule has 0 spiro atoms. The van der Waals surface area contributed by atoms with E-state index in [9.17, 15) is 4.79 Å². The number of benzene rings is 2. The number of carbonyl (C=O) groups excluding carboxylic acids is 1. The Hall–Kier alpha value is -2.88. The lowest BCUT2D eigenvalue weighted by Crippen LogP contribution is -2.31. The molecule has 4 rings (SSSR count). The number of carbonyl (C=O) groups is 1. The molecule has 0 bridgehead atoms. The molecule has 0 saturated carbocycles. The summed E-state index contributed by atoms with van der Waals surface area (Å²) < 4.78 is 5.75. The van der Waals surface area contributed by atoms with Crippen molar-refractivity contribution in [1.29, 1.82) is 0 Å². The number of hydrogen-bond donors (Lipinski definition) is 1. The first-order valence-corrected chi connectivity index (χ1v) is 9.57. The monoisotopic (exact) mass is 360 g/mol. The van der Waals surface area contributed by atoms with Crippen LogP contribution in [0.1, 0.15) is 41.3 Å². The van der Waals surface area contributed by atoms with E-state index in [0.29, 0.717) is 29.8 Å². The number of aromatic nitrogens is 1.